The monoisotopic (exact) mass is 333 g/mol. The quantitative estimate of drug-likeness (QED) is 0.620. The Morgan fingerprint density at radius 2 is 2.29 bits per heavy atom. The SMILES string of the molecule is O=C(CBr)c1nc2ccc(Br)cc2s1. The van der Waals surface area contributed by atoms with Gasteiger partial charge in [0.25, 0.3) is 0 Å². The number of rotatable bonds is 2. The summed E-state index contributed by atoms with van der Waals surface area (Å²) < 4.78 is 2.04. The van der Waals surface area contributed by atoms with Crippen molar-refractivity contribution >= 4 is 59.2 Å². The lowest BCUT2D eigenvalue weighted by Crippen LogP contribution is -1.97. The van der Waals surface area contributed by atoms with Crippen molar-refractivity contribution in [3.05, 3.63) is 27.7 Å². The van der Waals surface area contributed by atoms with Crippen LogP contribution in [-0.2, 0) is 0 Å². The molecule has 0 fully saturated rings. The maximum atomic E-state index is 11.4. The van der Waals surface area contributed by atoms with Gasteiger partial charge in [0.15, 0.2) is 5.01 Å². The van der Waals surface area contributed by atoms with Crippen molar-refractivity contribution in [2.24, 2.45) is 0 Å². The first-order chi connectivity index (χ1) is 6.70. The number of hydrogen-bond donors (Lipinski definition) is 0. The Kier molecular flexibility index (Phi) is 2.99. The standard InChI is InChI=1S/C9H5Br2NOS/c10-4-7(13)9-12-6-2-1-5(11)3-8(6)14-9/h1-3H,4H2. The van der Waals surface area contributed by atoms with Gasteiger partial charge in [0, 0.05) is 4.47 Å². The number of fused-ring (bicyclic) bond motifs is 1. The number of carbonyl (C=O) groups excluding carboxylic acids is 1. The topological polar surface area (TPSA) is 30.0 Å². The Balaban J connectivity index is 2.56. The molecule has 1 heterocycles. The van der Waals surface area contributed by atoms with Gasteiger partial charge in [-0.1, -0.05) is 31.9 Å². The third kappa shape index (κ3) is 1.89. The number of halogens is 2. The summed E-state index contributed by atoms with van der Waals surface area (Å²) in [5.41, 5.74) is 0.877. The second kappa shape index (κ2) is 4.08. The van der Waals surface area contributed by atoms with Crippen molar-refractivity contribution in [2.75, 3.05) is 5.33 Å². The highest BCUT2D eigenvalue weighted by Crippen LogP contribution is 2.25. The molecule has 1 aromatic carbocycles. The van der Waals surface area contributed by atoms with Crippen LogP contribution in [0.3, 0.4) is 0 Å². The molecule has 2 nitrogen and oxygen atoms in total. The smallest absolute Gasteiger partial charge is 0.201 e. The van der Waals surface area contributed by atoms with E-state index in [1.54, 1.807) is 0 Å². The van der Waals surface area contributed by atoms with E-state index in [2.05, 4.69) is 36.8 Å². The van der Waals surface area contributed by atoms with Gasteiger partial charge < -0.3 is 0 Å². The third-order valence-corrected chi connectivity index (χ3v) is 3.77. The van der Waals surface area contributed by atoms with E-state index in [4.69, 9.17) is 0 Å². The molecule has 0 radical (unpaired) electrons. The molecular formula is C9H5Br2NOS. The molecule has 0 atom stereocenters. The fourth-order valence-electron chi connectivity index (χ4n) is 1.07. The van der Waals surface area contributed by atoms with Crippen molar-refractivity contribution in [3.8, 4) is 0 Å². The molecule has 2 aromatic rings. The normalized spacial score (nSPS) is 10.7. The number of hydrogen-bond acceptors (Lipinski definition) is 3. The Bertz CT molecular complexity index is 495. The number of thiazole rings is 1. The number of Topliss-reactive ketones (excluding diaryl/α,β-unsaturated/α-hetero) is 1. The minimum absolute atomic E-state index is 0.0299. The summed E-state index contributed by atoms with van der Waals surface area (Å²) in [5, 5.41) is 0.892. The molecule has 0 aliphatic carbocycles. The zero-order chi connectivity index (χ0) is 10.1. The summed E-state index contributed by atoms with van der Waals surface area (Å²) in [5.74, 6) is 0.0299. The second-order valence-electron chi connectivity index (χ2n) is 2.69. The van der Waals surface area contributed by atoms with Crippen molar-refractivity contribution in [1.82, 2.24) is 4.98 Å². The molecule has 0 N–H and O–H groups in total. The van der Waals surface area contributed by atoms with E-state index in [-0.39, 0.29) is 5.78 Å². The van der Waals surface area contributed by atoms with Crippen LogP contribution in [-0.4, -0.2) is 16.1 Å². The van der Waals surface area contributed by atoms with E-state index < -0.39 is 0 Å². The molecule has 5 heteroatoms. The molecule has 0 bridgehead atoms. The molecule has 0 amide bonds. The molecule has 0 spiro atoms. The summed E-state index contributed by atoms with van der Waals surface area (Å²) in [4.78, 5) is 15.6. The molecule has 2 rings (SSSR count). The zero-order valence-corrected chi connectivity index (χ0v) is 10.9. The largest absolute Gasteiger partial charge is 0.291 e. The Hall–Kier alpha value is -0.260. The van der Waals surface area contributed by atoms with Gasteiger partial charge in [-0.3, -0.25) is 4.79 Å². The average Bonchev–Trinajstić information content (AvgIpc) is 2.59. The van der Waals surface area contributed by atoms with Crippen LogP contribution in [0.15, 0.2) is 22.7 Å². The van der Waals surface area contributed by atoms with Crippen molar-refractivity contribution in [3.63, 3.8) is 0 Å². The predicted octanol–water partition coefficient (Wildman–Crippen LogP) is 3.64. The third-order valence-electron chi connectivity index (χ3n) is 1.71. The lowest BCUT2D eigenvalue weighted by molar-refractivity contribution is 0.102. The maximum absolute atomic E-state index is 11.4. The molecule has 0 aliphatic rings. The lowest BCUT2D eigenvalue weighted by Gasteiger charge is -1.86. The molecule has 0 saturated heterocycles. The van der Waals surface area contributed by atoms with Crippen LogP contribution in [0.1, 0.15) is 9.80 Å². The molecule has 0 saturated carbocycles. The van der Waals surface area contributed by atoms with Gasteiger partial charge in [0.1, 0.15) is 0 Å². The summed E-state index contributed by atoms with van der Waals surface area (Å²) >= 11 is 7.94. The van der Waals surface area contributed by atoms with Crippen LogP contribution in [0, 0.1) is 0 Å². The first-order valence-electron chi connectivity index (χ1n) is 3.86. The van der Waals surface area contributed by atoms with E-state index in [1.807, 2.05) is 18.2 Å². The summed E-state index contributed by atoms with van der Waals surface area (Å²) in [6.45, 7) is 0. The number of alkyl halides is 1. The van der Waals surface area contributed by atoms with Crippen LogP contribution in [0.25, 0.3) is 10.2 Å². The fraction of sp³-hybridized carbons (Fsp3) is 0.111. The van der Waals surface area contributed by atoms with Crippen LogP contribution in [0.5, 0.6) is 0 Å². The van der Waals surface area contributed by atoms with Gasteiger partial charge in [-0.2, -0.15) is 0 Å². The van der Waals surface area contributed by atoms with Crippen LogP contribution >= 0.6 is 43.2 Å². The van der Waals surface area contributed by atoms with Gasteiger partial charge in [-0.05, 0) is 18.2 Å². The van der Waals surface area contributed by atoms with E-state index in [0.717, 1.165) is 14.7 Å². The Morgan fingerprint density at radius 1 is 1.50 bits per heavy atom. The molecule has 1 aromatic heterocycles. The average molecular weight is 335 g/mol. The highest BCUT2D eigenvalue weighted by molar-refractivity contribution is 9.10. The van der Waals surface area contributed by atoms with Gasteiger partial charge in [0.05, 0.1) is 15.5 Å². The van der Waals surface area contributed by atoms with E-state index in [1.165, 1.54) is 11.3 Å². The lowest BCUT2D eigenvalue weighted by atomic mass is 10.3. The predicted molar refractivity (Wildman–Crippen MR) is 65.4 cm³/mol. The van der Waals surface area contributed by atoms with Crippen LogP contribution in [0.4, 0.5) is 0 Å². The van der Waals surface area contributed by atoms with E-state index in [9.17, 15) is 4.79 Å². The highest BCUT2D eigenvalue weighted by atomic mass is 79.9. The Morgan fingerprint density at radius 3 is 3.00 bits per heavy atom. The van der Waals surface area contributed by atoms with Crippen molar-refractivity contribution < 1.29 is 4.79 Å². The molecule has 72 valence electrons. The number of aromatic nitrogens is 1. The second-order valence-corrected chi connectivity index (χ2v) is 5.19. The summed E-state index contributed by atoms with van der Waals surface area (Å²) in [7, 11) is 0. The van der Waals surface area contributed by atoms with Gasteiger partial charge in [-0.25, -0.2) is 4.98 Å². The van der Waals surface area contributed by atoms with Crippen molar-refractivity contribution in [2.45, 2.75) is 0 Å². The Labute approximate surface area is 102 Å². The van der Waals surface area contributed by atoms with Crippen LogP contribution < -0.4 is 0 Å². The summed E-state index contributed by atoms with van der Waals surface area (Å²) in [6.07, 6.45) is 0. The molecule has 14 heavy (non-hydrogen) atoms. The minimum atomic E-state index is 0.0299. The van der Waals surface area contributed by atoms with Crippen LogP contribution in [0.2, 0.25) is 0 Å². The number of benzene rings is 1. The number of ketones is 1. The zero-order valence-electron chi connectivity index (χ0n) is 6.96. The fourth-order valence-corrected chi connectivity index (χ4v) is 2.98. The number of carbonyl (C=O) groups is 1. The van der Waals surface area contributed by atoms with Gasteiger partial charge in [0.2, 0.25) is 5.78 Å². The first kappa shape index (κ1) is 10.3. The first-order valence-corrected chi connectivity index (χ1v) is 6.59. The molecule has 0 unspecified atom stereocenters. The molecule has 0 aliphatic heterocycles. The van der Waals surface area contributed by atoms with Gasteiger partial charge >= 0.3 is 0 Å². The number of nitrogens with zero attached hydrogens (tertiary/aromatic N) is 1. The van der Waals surface area contributed by atoms with Gasteiger partial charge in [-0.15, -0.1) is 11.3 Å². The summed E-state index contributed by atoms with van der Waals surface area (Å²) in [6, 6.07) is 5.80. The van der Waals surface area contributed by atoms with E-state index in [0.29, 0.717) is 10.3 Å². The van der Waals surface area contributed by atoms with Crippen molar-refractivity contribution in [1.29, 1.82) is 0 Å². The molecular weight excluding hydrogens is 330 g/mol. The van der Waals surface area contributed by atoms with E-state index >= 15 is 0 Å². The maximum Gasteiger partial charge on any atom is 0.201 e. The minimum Gasteiger partial charge on any atom is -0.291 e. The highest BCUT2D eigenvalue weighted by Gasteiger charge is 2.10.